The summed E-state index contributed by atoms with van der Waals surface area (Å²) >= 11 is 6.27. The molecule has 8 heteroatoms. The molecule has 1 aromatic carbocycles. The predicted octanol–water partition coefficient (Wildman–Crippen LogP) is 3.71. The Hall–Kier alpha value is -3.45. The number of hydrogen-bond acceptors (Lipinski definition) is 4. The van der Waals surface area contributed by atoms with Crippen LogP contribution >= 0.6 is 11.6 Å². The molecule has 152 valence electrons. The first kappa shape index (κ1) is 19.8. The maximum Gasteiger partial charge on any atom is 0.271 e. The second kappa shape index (κ2) is 8.51. The predicted molar refractivity (Wildman–Crippen MR) is 115 cm³/mol. The van der Waals surface area contributed by atoms with E-state index >= 15 is 0 Å². The molecular weight excluding hydrogens is 400 g/mol. The van der Waals surface area contributed by atoms with Crippen molar-refractivity contribution in [3.63, 3.8) is 0 Å². The van der Waals surface area contributed by atoms with Crippen molar-refractivity contribution in [3.05, 3.63) is 94.2 Å². The number of carbonyl (C=O) groups excluding carboxylic acids is 1. The van der Waals surface area contributed by atoms with Crippen LogP contribution in [0.15, 0.2) is 60.9 Å². The molecule has 0 unspecified atom stereocenters. The maximum absolute atomic E-state index is 12.8. The van der Waals surface area contributed by atoms with Crippen molar-refractivity contribution >= 4 is 17.5 Å². The van der Waals surface area contributed by atoms with Crippen LogP contribution in [-0.2, 0) is 13.1 Å². The molecule has 4 rings (SSSR count). The van der Waals surface area contributed by atoms with E-state index in [0.717, 1.165) is 22.5 Å². The molecule has 0 radical (unpaired) electrons. The minimum Gasteiger partial charge on any atom is -0.347 e. The Kier molecular flexibility index (Phi) is 5.63. The molecule has 0 spiro atoms. The summed E-state index contributed by atoms with van der Waals surface area (Å²) in [5.41, 5.74) is 4.07. The fraction of sp³-hybridized carbons (Fsp3) is 0.182. The molecule has 3 heterocycles. The van der Waals surface area contributed by atoms with Crippen molar-refractivity contribution in [2.75, 3.05) is 0 Å². The molecule has 0 aliphatic heterocycles. The van der Waals surface area contributed by atoms with Crippen molar-refractivity contribution in [2.45, 2.75) is 26.9 Å². The summed E-state index contributed by atoms with van der Waals surface area (Å²) < 4.78 is 3.54. The minimum atomic E-state index is -0.336. The Morgan fingerprint density at radius 2 is 1.90 bits per heavy atom. The van der Waals surface area contributed by atoms with Crippen LogP contribution in [0, 0.1) is 13.8 Å². The van der Waals surface area contributed by atoms with Gasteiger partial charge in [-0.25, -0.2) is 9.67 Å². The summed E-state index contributed by atoms with van der Waals surface area (Å²) in [4.78, 5) is 17.3. The molecule has 0 aliphatic carbocycles. The number of amides is 1. The van der Waals surface area contributed by atoms with Gasteiger partial charge in [-0.15, -0.1) is 0 Å². The molecule has 0 saturated carbocycles. The Bertz CT molecular complexity index is 1180. The largest absolute Gasteiger partial charge is 0.347 e. The fourth-order valence-corrected chi connectivity index (χ4v) is 3.47. The molecule has 7 nitrogen and oxygen atoms in total. The van der Waals surface area contributed by atoms with Gasteiger partial charge in [-0.05, 0) is 49.2 Å². The first-order chi connectivity index (χ1) is 14.5. The highest BCUT2D eigenvalue weighted by Gasteiger charge is 2.16. The lowest BCUT2D eigenvalue weighted by molar-refractivity contribution is 0.0946. The van der Waals surface area contributed by atoms with E-state index in [-0.39, 0.29) is 11.6 Å². The van der Waals surface area contributed by atoms with E-state index in [0.29, 0.717) is 23.9 Å². The summed E-state index contributed by atoms with van der Waals surface area (Å²) in [5.74, 6) is 0.214. The van der Waals surface area contributed by atoms with Gasteiger partial charge in [-0.1, -0.05) is 35.9 Å². The fourth-order valence-electron chi connectivity index (χ4n) is 3.28. The number of nitrogens with zero attached hydrogens (tertiary/aromatic N) is 5. The highest BCUT2D eigenvalue weighted by atomic mass is 35.5. The number of pyridine rings is 1. The molecular formula is C22H21ClN6O. The van der Waals surface area contributed by atoms with Gasteiger partial charge in [0.2, 0.25) is 0 Å². The second-order valence-corrected chi connectivity index (χ2v) is 7.40. The van der Waals surface area contributed by atoms with E-state index in [4.69, 9.17) is 11.6 Å². The molecule has 0 atom stereocenters. The third-order valence-electron chi connectivity index (χ3n) is 4.72. The van der Waals surface area contributed by atoms with E-state index in [1.807, 2.05) is 61.1 Å². The van der Waals surface area contributed by atoms with Gasteiger partial charge in [0, 0.05) is 24.6 Å². The zero-order chi connectivity index (χ0) is 21.1. The first-order valence-electron chi connectivity index (χ1n) is 9.54. The summed E-state index contributed by atoms with van der Waals surface area (Å²) in [7, 11) is 0. The standard InChI is InChI=1S/C22H21ClN6O/c1-15-12-16(2)29(27-15)20-9-8-19(23)21(26-20)22(30)24-13-17-6-3-4-7-18(17)14-28-11-5-10-25-28/h3-12H,13-14H2,1-2H3,(H,24,30). The zero-order valence-corrected chi connectivity index (χ0v) is 17.5. The van der Waals surface area contributed by atoms with Crippen LogP contribution < -0.4 is 5.32 Å². The Balaban J connectivity index is 1.53. The highest BCUT2D eigenvalue weighted by molar-refractivity contribution is 6.33. The quantitative estimate of drug-likeness (QED) is 0.515. The molecule has 0 saturated heterocycles. The zero-order valence-electron chi connectivity index (χ0n) is 16.7. The smallest absolute Gasteiger partial charge is 0.271 e. The monoisotopic (exact) mass is 420 g/mol. The van der Waals surface area contributed by atoms with Gasteiger partial charge in [0.05, 0.1) is 17.3 Å². The number of nitrogens with one attached hydrogen (secondary N) is 1. The number of hydrogen-bond donors (Lipinski definition) is 1. The summed E-state index contributed by atoms with van der Waals surface area (Å²) in [5, 5.41) is 11.9. The van der Waals surface area contributed by atoms with Crippen molar-refractivity contribution in [3.8, 4) is 5.82 Å². The van der Waals surface area contributed by atoms with Crippen LogP contribution in [0.2, 0.25) is 5.02 Å². The lowest BCUT2D eigenvalue weighted by Gasteiger charge is -2.12. The second-order valence-electron chi connectivity index (χ2n) is 6.99. The van der Waals surface area contributed by atoms with Crippen LogP contribution in [0.1, 0.15) is 33.0 Å². The molecule has 3 aromatic heterocycles. The first-order valence-corrected chi connectivity index (χ1v) is 9.91. The Morgan fingerprint density at radius 3 is 2.60 bits per heavy atom. The number of aryl methyl sites for hydroxylation is 2. The van der Waals surface area contributed by atoms with Crippen LogP contribution in [0.3, 0.4) is 0 Å². The molecule has 4 aromatic rings. The highest BCUT2D eigenvalue weighted by Crippen LogP contribution is 2.18. The van der Waals surface area contributed by atoms with Crippen molar-refractivity contribution in [2.24, 2.45) is 0 Å². The van der Waals surface area contributed by atoms with Gasteiger partial charge in [-0.3, -0.25) is 9.48 Å². The average Bonchev–Trinajstić information content (AvgIpc) is 3.36. The molecule has 30 heavy (non-hydrogen) atoms. The topological polar surface area (TPSA) is 77.6 Å². The van der Waals surface area contributed by atoms with Crippen molar-refractivity contribution < 1.29 is 4.79 Å². The van der Waals surface area contributed by atoms with Gasteiger partial charge in [0.1, 0.15) is 5.69 Å². The van der Waals surface area contributed by atoms with Crippen molar-refractivity contribution in [1.29, 1.82) is 0 Å². The number of rotatable bonds is 6. The number of carbonyl (C=O) groups is 1. The third-order valence-corrected chi connectivity index (χ3v) is 5.03. The molecule has 1 N–H and O–H groups in total. The van der Waals surface area contributed by atoms with Crippen LogP contribution in [0.4, 0.5) is 0 Å². The van der Waals surface area contributed by atoms with Crippen LogP contribution in [-0.4, -0.2) is 30.5 Å². The third kappa shape index (κ3) is 4.26. The van der Waals surface area contributed by atoms with E-state index in [1.54, 1.807) is 23.0 Å². The number of aromatic nitrogens is 5. The van der Waals surface area contributed by atoms with Gasteiger partial charge < -0.3 is 5.32 Å². The molecule has 1 amide bonds. The van der Waals surface area contributed by atoms with E-state index in [9.17, 15) is 4.79 Å². The maximum atomic E-state index is 12.8. The van der Waals surface area contributed by atoms with Crippen LogP contribution in [0.5, 0.6) is 0 Å². The lowest BCUT2D eigenvalue weighted by Crippen LogP contribution is -2.25. The summed E-state index contributed by atoms with van der Waals surface area (Å²) in [6, 6.07) is 15.2. The molecule has 0 fully saturated rings. The van der Waals surface area contributed by atoms with Crippen LogP contribution in [0.25, 0.3) is 5.82 Å². The van der Waals surface area contributed by atoms with Gasteiger partial charge >= 0.3 is 0 Å². The van der Waals surface area contributed by atoms with E-state index in [2.05, 4.69) is 20.5 Å². The summed E-state index contributed by atoms with van der Waals surface area (Å²) in [6.07, 6.45) is 3.65. The molecule has 0 aliphatic rings. The Labute approximate surface area is 179 Å². The van der Waals surface area contributed by atoms with Gasteiger partial charge in [0.25, 0.3) is 5.91 Å². The van der Waals surface area contributed by atoms with Crippen molar-refractivity contribution in [1.82, 2.24) is 29.9 Å². The molecule has 0 bridgehead atoms. The van der Waals surface area contributed by atoms with Gasteiger partial charge in [-0.2, -0.15) is 10.2 Å². The normalized spacial score (nSPS) is 10.9. The van der Waals surface area contributed by atoms with E-state index < -0.39 is 0 Å². The van der Waals surface area contributed by atoms with Gasteiger partial charge in [0.15, 0.2) is 5.82 Å². The SMILES string of the molecule is Cc1cc(C)n(-c2ccc(Cl)c(C(=O)NCc3ccccc3Cn3cccn3)n2)n1. The minimum absolute atomic E-state index is 0.172. The number of halogens is 1. The van der Waals surface area contributed by atoms with E-state index in [1.165, 1.54) is 0 Å². The lowest BCUT2D eigenvalue weighted by atomic mass is 10.1. The summed E-state index contributed by atoms with van der Waals surface area (Å²) in [6.45, 7) is 4.84. The average molecular weight is 421 g/mol. The Morgan fingerprint density at radius 1 is 1.10 bits per heavy atom. The number of benzene rings is 1.